The molecule has 2 amide bonds. The first-order valence-corrected chi connectivity index (χ1v) is 9.70. The molecular weight excluding hydrogens is 368 g/mol. The van der Waals surface area contributed by atoms with Crippen LogP contribution in [0.15, 0.2) is 54.6 Å². The van der Waals surface area contributed by atoms with Crippen molar-refractivity contribution in [2.45, 2.75) is 33.2 Å². The molecule has 0 aliphatic carbocycles. The maximum Gasteiger partial charge on any atom is 0.308 e. The summed E-state index contributed by atoms with van der Waals surface area (Å²) in [7, 11) is 0. The van der Waals surface area contributed by atoms with Gasteiger partial charge in [0, 0.05) is 12.1 Å². The van der Waals surface area contributed by atoms with Gasteiger partial charge in [0.05, 0.1) is 5.92 Å². The Hall–Kier alpha value is -3.15. The summed E-state index contributed by atoms with van der Waals surface area (Å²) in [4.78, 5) is 36.8. The minimum atomic E-state index is -0.973. The van der Waals surface area contributed by atoms with Crippen molar-refractivity contribution >= 4 is 17.8 Å². The number of carbonyl (C=O) groups is 3. The molecule has 3 N–H and O–H groups in total. The number of carbonyl (C=O) groups excluding carboxylic acids is 2. The Morgan fingerprint density at radius 3 is 2.28 bits per heavy atom. The lowest BCUT2D eigenvalue weighted by atomic mass is 9.98. The third-order valence-electron chi connectivity index (χ3n) is 4.71. The van der Waals surface area contributed by atoms with Crippen LogP contribution in [0.4, 0.5) is 0 Å². The maximum atomic E-state index is 12.7. The van der Waals surface area contributed by atoms with Crippen LogP contribution >= 0.6 is 0 Å². The van der Waals surface area contributed by atoms with Crippen molar-refractivity contribution in [2.75, 3.05) is 6.54 Å². The molecule has 2 unspecified atom stereocenters. The van der Waals surface area contributed by atoms with Crippen LogP contribution in [0.3, 0.4) is 0 Å². The molecular formula is C23H28N2O4. The molecule has 0 radical (unpaired) electrons. The van der Waals surface area contributed by atoms with Crippen molar-refractivity contribution in [1.29, 1.82) is 0 Å². The van der Waals surface area contributed by atoms with Crippen molar-refractivity contribution in [3.8, 4) is 0 Å². The second-order valence-corrected chi connectivity index (χ2v) is 7.53. The third-order valence-corrected chi connectivity index (χ3v) is 4.71. The lowest BCUT2D eigenvalue weighted by molar-refractivity contribution is -0.141. The zero-order chi connectivity index (χ0) is 21.4. The number of carboxylic acid groups (broad SMARTS) is 1. The predicted octanol–water partition coefficient (Wildman–Crippen LogP) is 2.81. The Kier molecular flexibility index (Phi) is 7.95. The fourth-order valence-corrected chi connectivity index (χ4v) is 3.02. The highest BCUT2D eigenvalue weighted by atomic mass is 16.4. The Balaban J connectivity index is 2.00. The molecule has 2 aromatic carbocycles. The normalized spacial score (nSPS) is 12.8. The highest BCUT2D eigenvalue weighted by Gasteiger charge is 2.26. The van der Waals surface area contributed by atoms with E-state index < -0.39 is 17.9 Å². The van der Waals surface area contributed by atoms with Crippen LogP contribution in [0, 0.1) is 18.8 Å². The number of hydrogen-bond donors (Lipinski definition) is 3. The first-order valence-electron chi connectivity index (χ1n) is 9.70. The van der Waals surface area contributed by atoms with Crippen LogP contribution in [0.2, 0.25) is 0 Å². The van der Waals surface area contributed by atoms with E-state index >= 15 is 0 Å². The van der Waals surface area contributed by atoms with Gasteiger partial charge >= 0.3 is 5.97 Å². The number of amides is 2. The van der Waals surface area contributed by atoms with Gasteiger partial charge < -0.3 is 15.7 Å². The molecule has 0 fully saturated rings. The van der Waals surface area contributed by atoms with Crippen molar-refractivity contribution in [1.82, 2.24) is 10.6 Å². The molecule has 2 rings (SSSR count). The van der Waals surface area contributed by atoms with E-state index in [0.29, 0.717) is 12.0 Å². The molecule has 2 aromatic rings. The first-order chi connectivity index (χ1) is 13.8. The summed E-state index contributed by atoms with van der Waals surface area (Å²) in [5.74, 6) is -2.59. The minimum Gasteiger partial charge on any atom is -0.481 e. The number of aliphatic carboxylic acids is 1. The van der Waals surface area contributed by atoms with Gasteiger partial charge in [-0.3, -0.25) is 14.4 Å². The van der Waals surface area contributed by atoms with Gasteiger partial charge in [-0.25, -0.2) is 0 Å². The average Bonchev–Trinajstić information content (AvgIpc) is 2.69. The number of rotatable bonds is 9. The molecule has 6 nitrogen and oxygen atoms in total. The van der Waals surface area contributed by atoms with Gasteiger partial charge in [-0.1, -0.05) is 61.9 Å². The highest BCUT2D eigenvalue weighted by molar-refractivity contribution is 5.97. The second kappa shape index (κ2) is 10.4. The molecule has 0 saturated heterocycles. The van der Waals surface area contributed by atoms with Crippen LogP contribution in [0.25, 0.3) is 0 Å². The Labute approximate surface area is 171 Å². The van der Waals surface area contributed by atoms with E-state index in [4.69, 9.17) is 0 Å². The van der Waals surface area contributed by atoms with Gasteiger partial charge in [0.25, 0.3) is 5.91 Å². The third kappa shape index (κ3) is 6.75. The topological polar surface area (TPSA) is 95.5 Å². The van der Waals surface area contributed by atoms with Gasteiger partial charge in [-0.05, 0) is 37.0 Å². The SMILES string of the molecule is Cc1cccc(C(=O)NC(C(=O)NCC(Cc2ccccc2)C(=O)O)C(C)C)c1. The summed E-state index contributed by atoms with van der Waals surface area (Å²) < 4.78 is 0. The van der Waals surface area contributed by atoms with Crippen LogP contribution in [-0.2, 0) is 16.0 Å². The van der Waals surface area contributed by atoms with E-state index in [-0.39, 0.29) is 24.3 Å². The Morgan fingerprint density at radius 1 is 1.00 bits per heavy atom. The van der Waals surface area contributed by atoms with Gasteiger partial charge in [0.15, 0.2) is 0 Å². The Morgan fingerprint density at radius 2 is 1.69 bits per heavy atom. The van der Waals surface area contributed by atoms with Gasteiger partial charge in [-0.15, -0.1) is 0 Å². The zero-order valence-electron chi connectivity index (χ0n) is 17.0. The van der Waals surface area contributed by atoms with E-state index in [9.17, 15) is 19.5 Å². The molecule has 0 aliphatic heterocycles. The van der Waals surface area contributed by atoms with Crippen molar-refractivity contribution < 1.29 is 19.5 Å². The molecule has 29 heavy (non-hydrogen) atoms. The van der Waals surface area contributed by atoms with Gasteiger partial charge in [0.2, 0.25) is 5.91 Å². The van der Waals surface area contributed by atoms with Gasteiger partial charge in [0.1, 0.15) is 6.04 Å². The smallest absolute Gasteiger partial charge is 0.308 e. The quantitative estimate of drug-likeness (QED) is 0.607. The summed E-state index contributed by atoms with van der Waals surface area (Å²) in [6, 6.07) is 15.7. The van der Waals surface area contributed by atoms with Crippen LogP contribution in [0.1, 0.15) is 35.3 Å². The second-order valence-electron chi connectivity index (χ2n) is 7.53. The van der Waals surface area contributed by atoms with Crippen molar-refractivity contribution in [2.24, 2.45) is 11.8 Å². The lowest BCUT2D eigenvalue weighted by Gasteiger charge is -2.23. The zero-order valence-corrected chi connectivity index (χ0v) is 17.0. The van der Waals surface area contributed by atoms with Crippen LogP contribution in [-0.4, -0.2) is 35.5 Å². The number of carboxylic acids is 1. The summed E-state index contributed by atoms with van der Waals surface area (Å²) in [6.45, 7) is 5.55. The minimum absolute atomic E-state index is 0.00734. The van der Waals surface area contributed by atoms with E-state index in [1.165, 1.54) is 0 Å². The number of aryl methyl sites for hydroxylation is 1. The molecule has 0 bridgehead atoms. The number of nitrogens with one attached hydrogen (secondary N) is 2. The fraction of sp³-hybridized carbons (Fsp3) is 0.348. The molecule has 0 aromatic heterocycles. The van der Waals surface area contributed by atoms with Crippen LogP contribution in [0.5, 0.6) is 0 Å². The number of hydrogen-bond acceptors (Lipinski definition) is 3. The maximum absolute atomic E-state index is 12.7. The van der Waals surface area contributed by atoms with E-state index in [2.05, 4.69) is 10.6 Å². The first kappa shape index (κ1) is 22.1. The van der Waals surface area contributed by atoms with E-state index in [0.717, 1.165) is 11.1 Å². The molecule has 154 valence electrons. The number of benzene rings is 2. The summed E-state index contributed by atoms with van der Waals surface area (Å²) >= 11 is 0. The molecule has 0 spiro atoms. The summed E-state index contributed by atoms with van der Waals surface area (Å²) in [5.41, 5.74) is 2.33. The largest absolute Gasteiger partial charge is 0.481 e. The van der Waals surface area contributed by atoms with Gasteiger partial charge in [-0.2, -0.15) is 0 Å². The molecule has 0 heterocycles. The fourth-order valence-electron chi connectivity index (χ4n) is 3.02. The van der Waals surface area contributed by atoms with E-state index in [1.54, 1.807) is 18.2 Å². The van der Waals surface area contributed by atoms with E-state index in [1.807, 2.05) is 57.2 Å². The standard InChI is InChI=1S/C23H28N2O4/c1-15(2)20(25-21(26)18-11-7-8-16(3)12-18)22(27)24-14-19(23(28)29)13-17-9-5-4-6-10-17/h4-12,15,19-20H,13-14H2,1-3H3,(H,24,27)(H,25,26)(H,28,29). The molecule has 6 heteroatoms. The monoisotopic (exact) mass is 396 g/mol. The molecule has 0 aliphatic rings. The summed E-state index contributed by atoms with van der Waals surface area (Å²) in [6.07, 6.45) is 0.318. The Bertz CT molecular complexity index is 849. The molecule has 0 saturated carbocycles. The highest BCUT2D eigenvalue weighted by Crippen LogP contribution is 2.10. The van der Waals surface area contributed by atoms with Crippen molar-refractivity contribution in [3.05, 3.63) is 71.3 Å². The predicted molar refractivity (Wildman–Crippen MR) is 112 cm³/mol. The average molecular weight is 396 g/mol. The van der Waals surface area contributed by atoms with Crippen LogP contribution < -0.4 is 10.6 Å². The summed E-state index contributed by atoms with van der Waals surface area (Å²) in [5, 5.41) is 15.0. The molecule has 2 atom stereocenters. The van der Waals surface area contributed by atoms with Crippen molar-refractivity contribution in [3.63, 3.8) is 0 Å². The lowest BCUT2D eigenvalue weighted by Crippen LogP contribution is -2.51.